The van der Waals surface area contributed by atoms with Crippen LogP contribution in [0.1, 0.15) is 22.5 Å². The van der Waals surface area contributed by atoms with Crippen molar-refractivity contribution >= 4 is 26.6 Å². The lowest BCUT2D eigenvalue weighted by Gasteiger charge is -2.49. The van der Waals surface area contributed by atoms with E-state index in [0.29, 0.717) is 12.0 Å². The van der Waals surface area contributed by atoms with Gasteiger partial charge in [0.2, 0.25) is 0 Å². The molecule has 30 heavy (non-hydrogen) atoms. The number of nitrogens with one attached hydrogen (secondary N) is 1. The highest BCUT2D eigenvalue weighted by atomic mass is 32.2. The fraction of sp³-hybridized carbons (Fsp3) is 0.381. The molecule has 2 aliphatic heterocycles. The second-order valence-electron chi connectivity index (χ2n) is 8.07. The van der Waals surface area contributed by atoms with Gasteiger partial charge in [0.1, 0.15) is 4.75 Å². The van der Waals surface area contributed by atoms with Gasteiger partial charge < -0.3 is 14.6 Å². The van der Waals surface area contributed by atoms with Crippen LogP contribution in [0.15, 0.2) is 42.7 Å². The molecule has 1 atom stereocenters. The third-order valence-electron chi connectivity index (χ3n) is 6.31. The number of H-pyrrole nitrogens is 1. The average Bonchev–Trinajstić information content (AvgIpc) is 3.23. The van der Waals surface area contributed by atoms with Crippen LogP contribution in [0.4, 0.5) is 0 Å². The van der Waals surface area contributed by atoms with Crippen molar-refractivity contribution < 1.29 is 17.9 Å². The predicted octanol–water partition coefficient (Wildman–Crippen LogP) is 1.97. The lowest BCUT2D eigenvalue weighted by Crippen LogP contribution is -2.68. The van der Waals surface area contributed by atoms with Crippen LogP contribution in [0.25, 0.3) is 10.9 Å². The first-order valence-corrected chi connectivity index (χ1v) is 11.5. The van der Waals surface area contributed by atoms with Gasteiger partial charge in [-0.3, -0.25) is 4.79 Å². The van der Waals surface area contributed by atoms with E-state index in [4.69, 9.17) is 4.74 Å². The smallest absolute Gasteiger partial charge is 0.316 e. The van der Waals surface area contributed by atoms with Crippen LogP contribution < -0.4 is 4.74 Å². The molecule has 4 heterocycles. The second-order valence-corrected chi connectivity index (χ2v) is 10.5. The van der Waals surface area contributed by atoms with Crippen molar-refractivity contribution in [1.82, 2.24) is 19.9 Å². The molecule has 2 aliphatic rings. The van der Waals surface area contributed by atoms with E-state index in [-0.39, 0.29) is 43.3 Å². The van der Waals surface area contributed by atoms with E-state index in [1.807, 2.05) is 31.2 Å². The first-order chi connectivity index (χ1) is 14.4. The summed E-state index contributed by atoms with van der Waals surface area (Å²) in [6.45, 7) is 2.45. The van der Waals surface area contributed by atoms with Crippen LogP contribution >= 0.6 is 0 Å². The normalized spacial score (nSPS) is 21.6. The molecular formula is C21H22N4O4S. The minimum atomic E-state index is -3.31. The Hall–Kier alpha value is -2.94. The molecule has 3 aromatic rings. The van der Waals surface area contributed by atoms with Gasteiger partial charge in [-0.15, -0.1) is 0 Å². The summed E-state index contributed by atoms with van der Waals surface area (Å²) < 4.78 is 30.5. The first-order valence-electron chi connectivity index (χ1n) is 9.90. The minimum Gasteiger partial charge on any atom is -0.463 e. The van der Waals surface area contributed by atoms with Crippen molar-refractivity contribution in [2.24, 2.45) is 5.92 Å². The van der Waals surface area contributed by atoms with Crippen molar-refractivity contribution in [3.8, 4) is 6.01 Å². The monoisotopic (exact) mass is 426 g/mol. The van der Waals surface area contributed by atoms with E-state index in [1.54, 1.807) is 23.4 Å². The van der Waals surface area contributed by atoms with E-state index >= 15 is 0 Å². The van der Waals surface area contributed by atoms with Gasteiger partial charge in [-0.2, -0.15) is 0 Å². The number of benzene rings is 1. The zero-order chi connectivity index (χ0) is 20.9. The standard InChI is InChI=1S/C21H22N4O4S/c1-14-6-8-22-20(24-14)29-11-15-7-9-30(27,28)21(15)12-25(13-21)19(26)17-10-23-18-5-3-2-4-16(17)18/h2-6,8,10,15,23H,7,9,11-13H2,1H3. The third kappa shape index (κ3) is 2.87. The number of rotatable bonds is 4. The van der Waals surface area contributed by atoms with Gasteiger partial charge in [0.15, 0.2) is 9.84 Å². The van der Waals surface area contributed by atoms with Gasteiger partial charge in [-0.05, 0) is 25.5 Å². The highest BCUT2D eigenvalue weighted by Crippen LogP contribution is 2.45. The fourth-order valence-electron chi connectivity index (χ4n) is 4.54. The molecule has 8 nitrogen and oxygen atoms in total. The molecule has 1 amide bonds. The number of amides is 1. The summed E-state index contributed by atoms with van der Waals surface area (Å²) in [5, 5.41) is 0.842. The molecule has 1 spiro atoms. The number of aromatic nitrogens is 3. The zero-order valence-corrected chi connectivity index (χ0v) is 17.4. The predicted molar refractivity (Wildman–Crippen MR) is 111 cm³/mol. The van der Waals surface area contributed by atoms with E-state index in [0.717, 1.165) is 16.6 Å². The number of likely N-dealkylation sites (tertiary alicyclic amines) is 1. The summed E-state index contributed by atoms with van der Waals surface area (Å²) in [6, 6.07) is 9.60. The van der Waals surface area contributed by atoms with Crippen LogP contribution in [0.2, 0.25) is 0 Å². The Balaban J connectivity index is 1.33. The van der Waals surface area contributed by atoms with Gasteiger partial charge in [-0.1, -0.05) is 18.2 Å². The Labute approximate surface area is 174 Å². The molecule has 156 valence electrons. The number of carbonyl (C=O) groups is 1. The molecule has 2 saturated heterocycles. The Bertz CT molecular complexity index is 1230. The number of para-hydroxylation sites is 1. The Morgan fingerprint density at radius 1 is 1.30 bits per heavy atom. The van der Waals surface area contributed by atoms with Crippen molar-refractivity contribution in [1.29, 1.82) is 0 Å². The number of hydrogen-bond acceptors (Lipinski definition) is 6. The van der Waals surface area contributed by atoms with Crippen molar-refractivity contribution in [2.75, 3.05) is 25.4 Å². The van der Waals surface area contributed by atoms with Crippen molar-refractivity contribution in [3.63, 3.8) is 0 Å². The number of fused-ring (bicyclic) bond motifs is 1. The average molecular weight is 426 g/mol. The number of aromatic amines is 1. The van der Waals surface area contributed by atoms with Crippen molar-refractivity contribution in [3.05, 3.63) is 54.0 Å². The van der Waals surface area contributed by atoms with E-state index in [1.165, 1.54) is 0 Å². The molecule has 0 aliphatic carbocycles. The molecule has 9 heteroatoms. The Kier molecular flexibility index (Phi) is 4.32. The summed E-state index contributed by atoms with van der Waals surface area (Å²) in [7, 11) is -3.31. The quantitative estimate of drug-likeness (QED) is 0.684. The lowest BCUT2D eigenvalue weighted by molar-refractivity contribution is 0.0405. The number of nitrogens with zero attached hydrogens (tertiary/aromatic N) is 3. The number of sulfone groups is 1. The van der Waals surface area contributed by atoms with Gasteiger partial charge in [-0.25, -0.2) is 18.4 Å². The maximum atomic E-state index is 13.0. The molecule has 0 bridgehead atoms. The maximum Gasteiger partial charge on any atom is 0.316 e. The van der Waals surface area contributed by atoms with E-state index < -0.39 is 14.6 Å². The zero-order valence-electron chi connectivity index (χ0n) is 16.5. The second kappa shape index (κ2) is 6.80. The molecular weight excluding hydrogens is 404 g/mol. The molecule has 1 aromatic carbocycles. The summed E-state index contributed by atoms with van der Waals surface area (Å²) in [5.74, 6) is -0.231. The van der Waals surface area contributed by atoms with Crippen LogP contribution in [-0.2, 0) is 9.84 Å². The van der Waals surface area contributed by atoms with Gasteiger partial charge in [0.05, 0.1) is 17.9 Å². The number of ether oxygens (including phenoxy) is 1. The molecule has 2 fully saturated rings. The molecule has 1 unspecified atom stereocenters. The van der Waals surface area contributed by atoms with Crippen LogP contribution in [0.5, 0.6) is 6.01 Å². The molecule has 1 N–H and O–H groups in total. The summed E-state index contributed by atoms with van der Waals surface area (Å²) in [5.41, 5.74) is 2.23. The molecule has 0 saturated carbocycles. The van der Waals surface area contributed by atoms with E-state index in [2.05, 4.69) is 15.0 Å². The van der Waals surface area contributed by atoms with Gasteiger partial charge in [0, 0.05) is 48.0 Å². The topological polar surface area (TPSA) is 105 Å². The Morgan fingerprint density at radius 2 is 2.10 bits per heavy atom. The van der Waals surface area contributed by atoms with E-state index in [9.17, 15) is 13.2 Å². The van der Waals surface area contributed by atoms with Crippen LogP contribution in [-0.4, -0.2) is 64.4 Å². The SMILES string of the molecule is Cc1ccnc(OCC2CCS(=O)(=O)C23CN(C(=O)c2c[nH]c4ccccc24)C3)n1. The lowest BCUT2D eigenvalue weighted by atomic mass is 9.83. The molecule has 0 radical (unpaired) electrons. The van der Waals surface area contributed by atoms with Crippen molar-refractivity contribution in [2.45, 2.75) is 18.1 Å². The molecule has 2 aromatic heterocycles. The molecule has 5 rings (SSSR count). The van der Waals surface area contributed by atoms with Gasteiger partial charge in [0.25, 0.3) is 5.91 Å². The minimum absolute atomic E-state index is 0.116. The first kappa shape index (κ1) is 19.0. The fourth-order valence-corrected chi connectivity index (χ4v) is 6.94. The number of aryl methyl sites for hydroxylation is 1. The summed E-state index contributed by atoms with van der Waals surface area (Å²) in [4.78, 5) is 26.1. The Morgan fingerprint density at radius 3 is 2.90 bits per heavy atom. The van der Waals surface area contributed by atoms with Crippen LogP contribution in [0.3, 0.4) is 0 Å². The number of carbonyl (C=O) groups excluding carboxylic acids is 1. The highest BCUT2D eigenvalue weighted by molar-refractivity contribution is 7.93. The third-order valence-corrected chi connectivity index (χ3v) is 8.91. The van der Waals surface area contributed by atoms with Crippen LogP contribution in [0, 0.1) is 12.8 Å². The largest absolute Gasteiger partial charge is 0.463 e. The van der Waals surface area contributed by atoms with Gasteiger partial charge >= 0.3 is 6.01 Å². The highest BCUT2D eigenvalue weighted by Gasteiger charge is 2.62. The summed E-state index contributed by atoms with van der Waals surface area (Å²) >= 11 is 0. The maximum absolute atomic E-state index is 13.0. The number of hydrogen-bond donors (Lipinski definition) is 1. The summed E-state index contributed by atoms with van der Waals surface area (Å²) in [6.07, 6.45) is 3.82.